The summed E-state index contributed by atoms with van der Waals surface area (Å²) in [6.45, 7) is 0.358. The predicted octanol–water partition coefficient (Wildman–Crippen LogP) is -3.30. The zero-order chi connectivity index (χ0) is 12.5. The maximum atomic E-state index is 8.56. The van der Waals surface area contributed by atoms with Crippen molar-refractivity contribution >= 4 is 0 Å². The molecule has 0 amide bonds. The van der Waals surface area contributed by atoms with Gasteiger partial charge in [-0.1, -0.05) is 6.92 Å². The topological polar surface area (TPSA) is 153 Å². The highest BCUT2D eigenvalue weighted by Gasteiger charge is 2.20. The van der Waals surface area contributed by atoms with Gasteiger partial charge in [0.15, 0.2) is 5.79 Å². The second-order valence-corrected chi connectivity index (χ2v) is 3.38. The van der Waals surface area contributed by atoms with Crippen LogP contribution in [0.25, 0.3) is 0 Å². The van der Waals surface area contributed by atoms with E-state index < -0.39 is 31.1 Å². The largest absolute Gasteiger partial charge is 0.394 e. The summed E-state index contributed by atoms with van der Waals surface area (Å²) in [6.07, 6.45) is 0.281. The van der Waals surface area contributed by atoms with Crippen molar-refractivity contribution < 1.29 is 25.5 Å². The quantitative estimate of drug-likeness (QED) is 0.242. The lowest BCUT2D eigenvalue weighted by Crippen LogP contribution is -2.50. The average Bonchev–Trinajstić information content (AvgIpc) is 2.29. The van der Waals surface area contributed by atoms with E-state index in [0.717, 1.165) is 0 Å². The van der Waals surface area contributed by atoms with E-state index in [9.17, 15) is 0 Å². The van der Waals surface area contributed by atoms with Crippen LogP contribution in [0.15, 0.2) is 0 Å². The molecule has 0 aromatic carbocycles. The van der Waals surface area contributed by atoms with Gasteiger partial charge in [0.25, 0.3) is 0 Å². The van der Waals surface area contributed by atoms with Crippen LogP contribution in [0.1, 0.15) is 13.3 Å². The van der Waals surface area contributed by atoms with E-state index in [1.54, 1.807) is 6.92 Å². The van der Waals surface area contributed by atoms with Gasteiger partial charge >= 0.3 is 0 Å². The molecule has 0 saturated carbocycles. The molecule has 0 unspecified atom stereocenters. The lowest BCUT2D eigenvalue weighted by molar-refractivity contribution is -0.153. The average molecular weight is 226 g/mol. The molecule has 0 aliphatic heterocycles. The van der Waals surface area contributed by atoms with Gasteiger partial charge in [-0.2, -0.15) is 0 Å². The van der Waals surface area contributed by atoms with Gasteiger partial charge in [-0.15, -0.1) is 0 Å². The summed E-state index contributed by atoms with van der Waals surface area (Å²) in [5, 5.41) is 42.1. The van der Waals surface area contributed by atoms with Crippen molar-refractivity contribution in [3.63, 3.8) is 0 Å². The van der Waals surface area contributed by atoms with Crippen LogP contribution in [0.4, 0.5) is 0 Å². The zero-order valence-electron chi connectivity index (χ0n) is 8.93. The van der Waals surface area contributed by atoms with Crippen molar-refractivity contribution in [3.05, 3.63) is 0 Å². The highest BCUT2D eigenvalue weighted by molar-refractivity contribution is 4.80. The first-order valence-electron chi connectivity index (χ1n) is 4.57. The maximum absolute atomic E-state index is 8.56. The molecule has 0 atom stereocenters. The second kappa shape index (κ2) is 7.94. The van der Waals surface area contributed by atoms with Crippen LogP contribution in [0.3, 0.4) is 0 Å². The molecule has 0 saturated heterocycles. The van der Waals surface area contributed by atoms with Crippen molar-refractivity contribution in [2.24, 2.45) is 11.5 Å². The Bertz CT molecular complexity index is 136. The fraction of sp³-hybridized carbons (Fsp3) is 1.00. The number of nitrogens with two attached hydrogens (primary N) is 2. The molecule has 0 aromatic rings. The first kappa shape index (κ1) is 17.1. The molecular weight excluding hydrogens is 204 g/mol. The molecule has 0 heterocycles. The van der Waals surface area contributed by atoms with Gasteiger partial charge in [0, 0.05) is 6.54 Å². The van der Waals surface area contributed by atoms with E-state index in [1.807, 2.05) is 0 Å². The minimum Gasteiger partial charge on any atom is -0.394 e. The molecule has 0 fully saturated rings. The molecule has 0 bridgehead atoms. The van der Waals surface area contributed by atoms with E-state index in [4.69, 9.17) is 37.0 Å². The summed E-state index contributed by atoms with van der Waals surface area (Å²) < 4.78 is 0. The molecule has 0 radical (unpaired) electrons. The minimum absolute atomic E-state index is 0.0938. The Morgan fingerprint density at radius 3 is 1.33 bits per heavy atom. The zero-order valence-corrected chi connectivity index (χ0v) is 8.93. The van der Waals surface area contributed by atoms with Crippen molar-refractivity contribution in [3.8, 4) is 0 Å². The monoisotopic (exact) mass is 226 g/mol. The number of aliphatic hydroxyl groups excluding tert-OH is 3. The number of aliphatic hydroxyl groups is 5. The van der Waals surface area contributed by atoms with Crippen LogP contribution >= 0.6 is 0 Å². The van der Waals surface area contributed by atoms with Crippen molar-refractivity contribution in [1.29, 1.82) is 0 Å². The Morgan fingerprint density at radius 1 is 1.00 bits per heavy atom. The van der Waals surface area contributed by atoms with Crippen molar-refractivity contribution in [1.82, 2.24) is 0 Å². The molecule has 7 heteroatoms. The number of hydrogen-bond donors (Lipinski definition) is 7. The predicted molar refractivity (Wildman–Crippen MR) is 54.7 cm³/mol. The third-order valence-corrected chi connectivity index (χ3v) is 1.84. The number of rotatable bonds is 5. The summed E-state index contributed by atoms with van der Waals surface area (Å²) in [4.78, 5) is 0. The van der Waals surface area contributed by atoms with Crippen LogP contribution in [-0.4, -0.2) is 63.2 Å². The fourth-order valence-electron chi connectivity index (χ4n) is 0.294. The molecule has 9 N–H and O–H groups in total. The highest BCUT2D eigenvalue weighted by atomic mass is 16.5. The van der Waals surface area contributed by atoms with Crippen LogP contribution < -0.4 is 11.5 Å². The van der Waals surface area contributed by atoms with Crippen molar-refractivity contribution in [2.75, 3.05) is 26.4 Å². The lowest BCUT2D eigenvalue weighted by atomic mass is 10.1. The Morgan fingerprint density at radius 2 is 1.33 bits per heavy atom. The third-order valence-electron chi connectivity index (χ3n) is 1.84. The van der Waals surface area contributed by atoms with E-state index >= 15 is 0 Å². The maximum Gasteiger partial charge on any atom is 0.174 e. The number of hydrogen-bond acceptors (Lipinski definition) is 7. The van der Waals surface area contributed by atoms with Gasteiger partial charge in [0.05, 0.1) is 25.4 Å². The summed E-state index contributed by atoms with van der Waals surface area (Å²) in [6, 6.07) is 0. The Hall–Kier alpha value is -0.280. The first-order valence-corrected chi connectivity index (χ1v) is 4.57. The molecular formula is C8H22N2O5. The normalized spacial score (nSPS) is 12.0. The van der Waals surface area contributed by atoms with Gasteiger partial charge in [-0.05, 0) is 6.42 Å². The standard InChI is InChI=1S/C4H11NO3.C4H11NO2/c5-4(1-6,2-7)3-8;1-2-4(6,7)3-5/h6-8H,1-3,5H2;6-7H,2-3,5H2,1H3. The van der Waals surface area contributed by atoms with Crippen LogP contribution in [0.2, 0.25) is 0 Å². The second-order valence-electron chi connectivity index (χ2n) is 3.38. The van der Waals surface area contributed by atoms with Crippen LogP contribution in [0, 0.1) is 0 Å². The molecule has 0 aliphatic rings. The molecule has 0 aromatic heterocycles. The summed E-state index contributed by atoms with van der Waals surface area (Å²) in [7, 11) is 0. The van der Waals surface area contributed by atoms with Crippen LogP contribution in [-0.2, 0) is 0 Å². The van der Waals surface area contributed by atoms with Gasteiger partial charge < -0.3 is 37.0 Å². The molecule has 15 heavy (non-hydrogen) atoms. The van der Waals surface area contributed by atoms with E-state index in [-0.39, 0.29) is 13.0 Å². The van der Waals surface area contributed by atoms with Crippen molar-refractivity contribution in [2.45, 2.75) is 24.7 Å². The third kappa shape index (κ3) is 8.70. The Kier molecular flexibility index (Phi) is 9.07. The van der Waals surface area contributed by atoms with E-state index in [2.05, 4.69) is 0 Å². The van der Waals surface area contributed by atoms with Gasteiger partial charge in [0.2, 0.25) is 0 Å². The summed E-state index contributed by atoms with van der Waals surface area (Å²) in [5.41, 5.74) is 8.85. The Balaban J connectivity index is 0. The minimum atomic E-state index is -1.64. The lowest BCUT2D eigenvalue weighted by Gasteiger charge is -2.20. The molecule has 0 rings (SSSR count). The summed E-state index contributed by atoms with van der Waals surface area (Å²) >= 11 is 0. The molecule has 7 nitrogen and oxygen atoms in total. The fourth-order valence-corrected chi connectivity index (χ4v) is 0.294. The van der Waals surface area contributed by atoms with Gasteiger partial charge in [-0.3, -0.25) is 0 Å². The molecule has 94 valence electrons. The molecule has 0 spiro atoms. The van der Waals surface area contributed by atoms with Gasteiger partial charge in [0.1, 0.15) is 0 Å². The smallest absolute Gasteiger partial charge is 0.174 e. The van der Waals surface area contributed by atoms with E-state index in [0.29, 0.717) is 0 Å². The highest BCUT2D eigenvalue weighted by Crippen LogP contribution is 1.99. The first-order chi connectivity index (χ1) is 6.80. The Labute approximate surface area is 89.0 Å². The van der Waals surface area contributed by atoms with Crippen LogP contribution in [0.5, 0.6) is 0 Å². The SMILES string of the molecule is CCC(O)(O)CN.NC(CO)(CO)CO. The van der Waals surface area contributed by atoms with E-state index in [1.165, 1.54) is 0 Å². The molecule has 0 aliphatic carbocycles. The van der Waals surface area contributed by atoms with Gasteiger partial charge in [-0.25, -0.2) is 0 Å². The summed E-state index contributed by atoms with van der Waals surface area (Å²) in [5.74, 6) is -1.64.